The molecule has 0 aromatic heterocycles. The predicted octanol–water partition coefficient (Wildman–Crippen LogP) is 0.176. The minimum Gasteiger partial charge on any atom is -0.393 e. The van der Waals surface area contributed by atoms with Crippen molar-refractivity contribution in [2.24, 2.45) is 4.99 Å². The van der Waals surface area contributed by atoms with E-state index in [0.29, 0.717) is 12.6 Å². The lowest BCUT2D eigenvalue weighted by Gasteiger charge is -2.30. The van der Waals surface area contributed by atoms with Crippen molar-refractivity contribution in [1.82, 2.24) is 15.5 Å². The van der Waals surface area contributed by atoms with Gasteiger partial charge < -0.3 is 25.4 Å². The van der Waals surface area contributed by atoms with Gasteiger partial charge in [0.15, 0.2) is 5.96 Å². The summed E-state index contributed by atoms with van der Waals surface area (Å²) in [4.78, 5) is 6.95. The second kappa shape index (κ2) is 8.56. The first-order chi connectivity index (χ1) is 10.2. The number of morpholine rings is 1. The number of nitrogens with zero attached hydrogens (tertiary/aromatic N) is 2. The average Bonchev–Trinajstić information content (AvgIpc) is 2.47. The number of likely N-dealkylation sites (N-methyl/N-ethyl adjacent to an activating group) is 1. The third kappa shape index (κ3) is 5.80. The zero-order valence-electron chi connectivity index (χ0n) is 13.3. The van der Waals surface area contributed by atoms with Crippen molar-refractivity contribution in [3.05, 3.63) is 0 Å². The molecular formula is C15H30N4O2. The van der Waals surface area contributed by atoms with Crippen LogP contribution < -0.4 is 10.6 Å². The van der Waals surface area contributed by atoms with Crippen molar-refractivity contribution in [2.75, 3.05) is 39.8 Å². The Hall–Kier alpha value is -0.850. The van der Waals surface area contributed by atoms with Gasteiger partial charge in [0.2, 0.25) is 0 Å². The van der Waals surface area contributed by atoms with Crippen molar-refractivity contribution in [2.45, 2.75) is 50.9 Å². The Morgan fingerprint density at radius 3 is 2.76 bits per heavy atom. The quantitative estimate of drug-likeness (QED) is 0.510. The fraction of sp³-hybridized carbons (Fsp3) is 0.933. The van der Waals surface area contributed by atoms with Crippen LogP contribution in [-0.2, 0) is 4.74 Å². The highest BCUT2D eigenvalue weighted by Gasteiger charge is 2.21. The summed E-state index contributed by atoms with van der Waals surface area (Å²) in [5.41, 5.74) is 0. The third-order valence-electron chi connectivity index (χ3n) is 4.18. The number of hydrogen-bond acceptors (Lipinski definition) is 4. The maximum atomic E-state index is 9.57. The first-order valence-corrected chi connectivity index (χ1v) is 8.20. The fourth-order valence-electron chi connectivity index (χ4n) is 2.90. The second-order valence-electron chi connectivity index (χ2n) is 6.12. The van der Waals surface area contributed by atoms with E-state index in [1.165, 1.54) is 0 Å². The van der Waals surface area contributed by atoms with Crippen molar-refractivity contribution in [3.8, 4) is 0 Å². The Kier molecular flexibility index (Phi) is 6.73. The Labute approximate surface area is 127 Å². The van der Waals surface area contributed by atoms with E-state index < -0.39 is 0 Å². The van der Waals surface area contributed by atoms with Crippen molar-refractivity contribution in [3.63, 3.8) is 0 Å². The van der Waals surface area contributed by atoms with Crippen molar-refractivity contribution >= 4 is 5.96 Å². The average molecular weight is 298 g/mol. The third-order valence-corrected chi connectivity index (χ3v) is 4.18. The van der Waals surface area contributed by atoms with Crippen LogP contribution in [0.5, 0.6) is 0 Å². The highest BCUT2D eigenvalue weighted by molar-refractivity contribution is 5.80. The molecule has 1 aliphatic carbocycles. The standard InChI is InChI=1S/C15H30N4O2/c1-3-16-15(18-12-4-6-13(20)7-5-12)17-10-14-11-19(2)8-9-21-14/h12-14,20H,3-11H2,1-2H3,(H2,16,17,18). The number of rotatable bonds is 4. The molecule has 1 aliphatic heterocycles. The van der Waals surface area contributed by atoms with Crippen LogP contribution in [0.1, 0.15) is 32.6 Å². The van der Waals surface area contributed by atoms with E-state index >= 15 is 0 Å². The summed E-state index contributed by atoms with van der Waals surface area (Å²) in [5, 5.41) is 16.4. The lowest BCUT2D eigenvalue weighted by molar-refractivity contribution is -0.0136. The van der Waals surface area contributed by atoms with Gasteiger partial charge in [-0.3, -0.25) is 4.99 Å². The van der Waals surface area contributed by atoms with Crippen molar-refractivity contribution < 1.29 is 9.84 Å². The van der Waals surface area contributed by atoms with Crippen molar-refractivity contribution in [1.29, 1.82) is 0 Å². The van der Waals surface area contributed by atoms with E-state index in [1.54, 1.807) is 0 Å². The Balaban J connectivity index is 1.80. The maximum Gasteiger partial charge on any atom is 0.191 e. The van der Waals surface area contributed by atoms with E-state index in [-0.39, 0.29) is 12.2 Å². The molecule has 1 heterocycles. The number of aliphatic imine (C=N–C) groups is 1. The van der Waals surface area contributed by atoms with Crippen LogP contribution in [0.3, 0.4) is 0 Å². The molecule has 122 valence electrons. The molecule has 21 heavy (non-hydrogen) atoms. The van der Waals surface area contributed by atoms with Gasteiger partial charge in [0.1, 0.15) is 0 Å². The number of hydrogen-bond donors (Lipinski definition) is 3. The summed E-state index contributed by atoms with van der Waals surface area (Å²) >= 11 is 0. The summed E-state index contributed by atoms with van der Waals surface area (Å²) in [5.74, 6) is 0.871. The van der Waals surface area contributed by atoms with E-state index in [0.717, 1.165) is 57.9 Å². The van der Waals surface area contributed by atoms with E-state index in [2.05, 4.69) is 34.5 Å². The molecule has 1 saturated carbocycles. The molecule has 1 atom stereocenters. The largest absolute Gasteiger partial charge is 0.393 e. The van der Waals surface area contributed by atoms with E-state index in [4.69, 9.17) is 4.74 Å². The van der Waals surface area contributed by atoms with Crippen LogP contribution >= 0.6 is 0 Å². The van der Waals surface area contributed by atoms with Crippen LogP contribution in [0, 0.1) is 0 Å². The summed E-state index contributed by atoms with van der Waals surface area (Å²) in [6.07, 6.45) is 3.85. The molecular weight excluding hydrogens is 268 g/mol. The molecule has 0 radical (unpaired) electrons. The van der Waals surface area contributed by atoms with Crippen LogP contribution in [0.15, 0.2) is 4.99 Å². The molecule has 2 fully saturated rings. The molecule has 6 nitrogen and oxygen atoms in total. The Bertz CT molecular complexity index is 330. The molecule has 2 aliphatic rings. The normalized spacial score (nSPS) is 32.0. The van der Waals surface area contributed by atoms with Gasteiger partial charge in [-0.15, -0.1) is 0 Å². The van der Waals surface area contributed by atoms with Gasteiger partial charge in [-0.1, -0.05) is 0 Å². The second-order valence-corrected chi connectivity index (χ2v) is 6.12. The van der Waals surface area contributed by atoms with Gasteiger partial charge in [0.25, 0.3) is 0 Å². The molecule has 1 saturated heterocycles. The van der Waals surface area contributed by atoms with Crippen LogP contribution in [0.4, 0.5) is 0 Å². The number of guanidine groups is 1. The number of ether oxygens (including phenoxy) is 1. The van der Waals surface area contributed by atoms with Gasteiger partial charge in [0, 0.05) is 25.7 Å². The van der Waals surface area contributed by atoms with E-state index in [1.807, 2.05) is 0 Å². The summed E-state index contributed by atoms with van der Waals surface area (Å²) in [7, 11) is 2.12. The monoisotopic (exact) mass is 298 g/mol. The first kappa shape index (κ1) is 16.5. The zero-order chi connectivity index (χ0) is 15.1. The number of aliphatic hydroxyl groups excluding tert-OH is 1. The highest BCUT2D eigenvalue weighted by Crippen LogP contribution is 2.18. The van der Waals surface area contributed by atoms with E-state index in [9.17, 15) is 5.11 Å². The van der Waals surface area contributed by atoms with Gasteiger partial charge in [-0.05, 0) is 39.7 Å². The fourth-order valence-corrected chi connectivity index (χ4v) is 2.90. The molecule has 0 aromatic carbocycles. The first-order valence-electron chi connectivity index (χ1n) is 8.20. The number of nitrogens with one attached hydrogen (secondary N) is 2. The van der Waals surface area contributed by atoms with Crippen LogP contribution in [-0.4, -0.2) is 74.0 Å². The summed E-state index contributed by atoms with van der Waals surface area (Å²) < 4.78 is 5.74. The molecule has 0 spiro atoms. The smallest absolute Gasteiger partial charge is 0.191 e. The predicted molar refractivity (Wildman–Crippen MR) is 84.6 cm³/mol. The number of aliphatic hydroxyl groups is 1. The summed E-state index contributed by atoms with van der Waals surface area (Å²) in [6, 6.07) is 0.418. The van der Waals surface area contributed by atoms with Crippen LogP contribution in [0.2, 0.25) is 0 Å². The minimum absolute atomic E-state index is 0.117. The molecule has 0 amide bonds. The molecule has 3 N–H and O–H groups in total. The topological polar surface area (TPSA) is 69.1 Å². The molecule has 1 unspecified atom stereocenters. The SMILES string of the molecule is CCNC(=NCC1CN(C)CCO1)NC1CCC(O)CC1. The molecule has 0 aromatic rings. The summed E-state index contributed by atoms with van der Waals surface area (Å²) in [6.45, 7) is 6.36. The molecule has 6 heteroatoms. The van der Waals surface area contributed by atoms with Gasteiger partial charge >= 0.3 is 0 Å². The van der Waals surface area contributed by atoms with Gasteiger partial charge in [-0.2, -0.15) is 0 Å². The molecule has 2 rings (SSSR count). The minimum atomic E-state index is -0.117. The highest BCUT2D eigenvalue weighted by atomic mass is 16.5. The Morgan fingerprint density at radius 1 is 1.33 bits per heavy atom. The van der Waals surface area contributed by atoms with Gasteiger partial charge in [0.05, 0.1) is 25.4 Å². The maximum absolute atomic E-state index is 9.57. The lowest BCUT2D eigenvalue weighted by atomic mass is 9.93. The molecule has 0 bridgehead atoms. The zero-order valence-corrected chi connectivity index (χ0v) is 13.3. The van der Waals surface area contributed by atoms with Gasteiger partial charge in [-0.25, -0.2) is 0 Å². The Morgan fingerprint density at radius 2 is 2.10 bits per heavy atom. The lowest BCUT2D eigenvalue weighted by Crippen LogP contribution is -2.46. The van der Waals surface area contributed by atoms with Crippen LogP contribution in [0.25, 0.3) is 0 Å².